The molecule has 276 valence electrons. The molecule has 6 rings (SSSR count). The molecular weight excluding hydrogens is 730 g/mol. The van der Waals surface area contributed by atoms with Crippen molar-refractivity contribution < 1.29 is 23.9 Å². The Kier molecular flexibility index (Phi) is 13.0. The molecule has 0 radical (unpaired) electrons. The SMILES string of the molecule is COc1cc(Cl)c(C)cc1NC(=O)C(Sc1ccc(NC(=O)/C(=C/c2ccc(OCc3ccccc3)cc2)NC(=O)c2ccccc2)cc1)c1ccccc1. The molecular formula is C45H38ClN3O5S. The molecule has 0 bridgehead atoms. The van der Waals surface area contributed by atoms with Crippen molar-refractivity contribution >= 4 is 58.5 Å². The summed E-state index contributed by atoms with van der Waals surface area (Å²) in [5.74, 6) is -0.0477. The summed E-state index contributed by atoms with van der Waals surface area (Å²) in [5.41, 5.74) is 4.84. The van der Waals surface area contributed by atoms with E-state index in [2.05, 4.69) is 16.0 Å². The van der Waals surface area contributed by atoms with Gasteiger partial charge in [0.15, 0.2) is 0 Å². The molecule has 3 amide bonds. The number of carbonyl (C=O) groups excluding carboxylic acids is 3. The van der Waals surface area contributed by atoms with Crippen LogP contribution in [0.1, 0.15) is 37.9 Å². The average molecular weight is 768 g/mol. The first-order valence-corrected chi connectivity index (χ1v) is 18.6. The molecule has 0 aromatic heterocycles. The number of aryl methyl sites for hydroxylation is 1. The fourth-order valence-corrected chi connectivity index (χ4v) is 6.67. The maximum atomic E-state index is 13.8. The molecule has 0 fully saturated rings. The molecule has 55 heavy (non-hydrogen) atoms. The molecule has 6 aromatic rings. The van der Waals surface area contributed by atoms with Crippen LogP contribution in [0.25, 0.3) is 6.08 Å². The van der Waals surface area contributed by atoms with Crippen molar-refractivity contribution in [2.45, 2.75) is 23.7 Å². The van der Waals surface area contributed by atoms with E-state index in [9.17, 15) is 14.4 Å². The summed E-state index contributed by atoms with van der Waals surface area (Å²) < 4.78 is 11.4. The van der Waals surface area contributed by atoms with Crippen molar-refractivity contribution in [1.29, 1.82) is 0 Å². The topological polar surface area (TPSA) is 106 Å². The fraction of sp³-hybridized carbons (Fsp3) is 0.0889. The minimum Gasteiger partial charge on any atom is -0.495 e. The van der Waals surface area contributed by atoms with Crippen LogP contribution in [0.2, 0.25) is 5.02 Å². The Morgan fingerprint density at radius 1 is 0.764 bits per heavy atom. The van der Waals surface area contributed by atoms with Gasteiger partial charge in [0.25, 0.3) is 11.8 Å². The number of thioether (sulfide) groups is 1. The highest BCUT2D eigenvalue weighted by molar-refractivity contribution is 8.00. The third kappa shape index (κ3) is 10.7. The quantitative estimate of drug-likeness (QED) is 0.0753. The van der Waals surface area contributed by atoms with E-state index >= 15 is 0 Å². The van der Waals surface area contributed by atoms with Crippen LogP contribution in [0.3, 0.4) is 0 Å². The summed E-state index contributed by atoms with van der Waals surface area (Å²) in [6.45, 7) is 2.28. The monoisotopic (exact) mass is 767 g/mol. The molecule has 0 aliphatic carbocycles. The van der Waals surface area contributed by atoms with Crippen molar-refractivity contribution in [3.63, 3.8) is 0 Å². The Bertz CT molecular complexity index is 2270. The minimum atomic E-state index is -0.611. The van der Waals surface area contributed by atoms with E-state index in [1.807, 2.05) is 110 Å². The molecule has 0 heterocycles. The van der Waals surface area contributed by atoms with Gasteiger partial charge < -0.3 is 25.4 Å². The number of methoxy groups -OCH3 is 1. The lowest BCUT2D eigenvalue weighted by atomic mass is 10.1. The second kappa shape index (κ2) is 18.6. The third-order valence-corrected chi connectivity index (χ3v) is 10.1. The van der Waals surface area contributed by atoms with Gasteiger partial charge in [-0.2, -0.15) is 0 Å². The Labute approximate surface area is 329 Å². The predicted octanol–water partition coefficient (Wildman–Crippen LogP) is 10.1. The van der Waals surface area contributed by atoms with Gasteiger partial charge in [-0.25, -0.2) is 0 Å². The zero-order chi connectivity index (χ0) is 38.6. The number of benzene rings is 6. The standard InChI is InChI=1S/C45H38ClN3O5S/c1-30-26-39(41(53-2)28-38(30)46)48-45(52)42(33-14-8-4-9-15-33)55-37-24-20-35(21-25-37)47-44(51)40(49-43(50)34-16-10-5-11-17-34)27-31-18-22-36(23-19-31)54-29-32-12-6-3-7-13-32/h3-28,42H,29H2,1-2H3,(H,47,51)(H,48,52)(H,49,50)/b40-27-. The molecule has 1 atom stereocenters. The van der Waals surface area contributed by atoms with Gasteiger partial charge in [-0.05, 0) is 89.9 Å². The van der Waals surface area contributed by atoms with E-state index in [1.54, 1.807) is 54.6 Å². The minimum absolute atomic E-state index is 0.0546. The zero-order valence-electron chi connectivity index (χ0n) is 30.1. The van der Waals surface area contributed by atoms with Gasteiger partial charge in [-0.1, -0.05) is 103 Å². The number of anilines is 2. The second-order valence-electron chi connectivity index (χ2n) is 12.4. The molecule has 0 spiro atoms. The van der Waals surface area contributed by atoms with E-state index < -0.39 is 17.1 Å². The van der Waals surface area contributed by atoms with Gasteiger partial charge in [-0.3, -0.25) is 14.4 Å². The summed E-state index contributed by atoms with van der Waals surface area (Å²) in [5, 5.41) is 8.62. The normalized spacial score (nSPS) is 11.6. The Morgan fingerprint density at radius 2 is 1.40 bits per heavy atom. The van der Waals surface area contributed by atoms with Crippen LogP contribution in [-0.2, 0) is 16.2 Å². The van der Waals surface area contributed by atoms with Crippen LogP contribution < -0.4 is 25.4 Å². The van der Waals surface area contributed by atoms with Gasteiger partial charge in [0.2, 0.25) is 5.91 Å². The molecule has 3 N–H and O–H groups in total. The van der Waals surface area contributed by atoms with Gasteiger partial charge >= 0.3 is 0 Å². The van der Waals surface area contributed by atoms with Gasteiger partial charge in [0.1, 0.15) is 29.1 Å². The number of amides is 3. The highest BCUT2D eigenvalue weighted by Gasteiger charge is 2.24. The Balaban J connectivity index is 1.18. The summed E-state index contributed by atoms with van der Waals surface area (Å²) in [6.07, 6.45) is 1.61. The molecule has 0 aliphatic heterocycles. The predicted molar refractivity (Wildman–Crippen MR) is 221 cm³/mol. The van der Waals surface area contributed by atoms with Gasteiger partial charge in [0, 0.05) is 27.2 Å². The lowest BCUT2D eigenvalue weighted by Gasteiger charge is -2.19. The summed E-state index contributed by atoms with van der Waals surface area (Å²) >= 11 is 7.66. The number of hydrogen-bond acceptors (Lipinski definition) is 6. The van der Waals surface area contributed by atoms with Crippen molar-refractivity contribution in [1.82, 2.24) is 5.32 Å². The second-order valence-corrected chi connectivity index (χ2v) is 14.0. The van der Waals surface area contributed by atoms with Crippen LogP contribution in [-0.4, -0.2) is 24.8 Å². The third-order valence-electron chi connectivity index (χ3n) is 8.41. The Hall–Kier alpha value is -6.29. The summed E-state index contributed by atoms with van der Waals surface area (Å²) in [6, 6.07) is 45.9. The first-order chi connectivity index (χ1) is 26.7. The molecule has 10 heteroatoms. The van der Waals surface area contributed by atoms with E-state index in [1.165, 1.54) is 18.9 Å². The van der Waals surface area contributed by atoms with Crippen LogP contribution in [0.5, 0.6) is 11.5 Å². The molecule has 6 aromatic carbocycles. The maximum Gasteiger partial charge on any atom is 0.272 e. The van der Waals surface area contributed by atoms with Crippen molar-refractivity contribution in [3.8, 4) is 11.5 Å². The van der Waals surface area contributed by atoms with Crippen LogP contribution in [0.15, 0.2) is 162 Å². The summed E-state index contributed by atoms with van der Waals surface area (Å²) in [4.78, 5) is 41.5. The van der Waals surface area contributed by atoms with E-state index in [4.69, 9.17) is 21.1 Å². The largest absolute Gasteiger partial charge is 0.495 e. The smallest absolute Gasteiger partial charge is 0.272 e. The molecule has 1 unspecified atom stereocenters. The van der Waals surface area contributed by atoms with Crippen molar-refractivity contribution in [2.75, 3.05) is 17.7 Å². The summed E-state index contributed by atoms with van der Waals surface area (Å²) in [7, 11) is 1.52. The Morgan fingerprint density at radius 3 is 2.05 bits per heavy atom. The zero-order valence-corrected chi connectivity index (χ0v) is 31.7. The lowest BCUT2D eigenvalue weighted by molar-refractivity contribution is -0.116. The number of carbonyl (C=O) groups is 3. The molecule has 0 saturated heterocycles. The van der Waals surface area contributed by atoms with Crippen molar-refractivity contribution in [3.05, 3.63) is 190 Å². The van der Waals surface area contributed by atoms with E-state index in [0.717, 1.165) is 21.6 Å². The van der Waals surface area contributed by atoms with Gasteiger partial charge in [-0.15, -0.1) is 11.8 Å². The van der Waals surface area contributed by atoms with Crippen molar-refractivity contribution in [2.24, 2.45) is 0 Å². The highest BCUT2D eigenvalue weighted by Crippen LogP contribution is 2.38. The fourth-order valence-electron chi connectivity index (χ4n) is 5.49. The first-order valence-electron chi connectivity index (χ1n) is 17.4. The first kappa shape index (κ1) is 38.4. The number of halogens is 1. The average Bonchev–Trinajstić information content (AvgIpc) is 3.22. The van der Waals surface area contributed by atoms with Crippen LogP contribution in [0, 0.1) is 6.92 Å². The maximum absolute atomic E-state index is 13.8. The van der Waals surface area contributed by atoms with Gasteiger partial charge in [0.05, 0.1) is 12.8 Å². The number of ether oxygens (including phenoxy) is 2. The van der Waals surface area contributed by atoms with Crippen LogP contribution >= 0.6 is 23.4 Å². The molecule has 8 nitrogen and oxygen atoms in total. The van der Waals surface area contributed by atoms with Crippen LogP contribution in [0.4, 0.5) is 11.4 Å². The number of hydrogen-bond donors (Lipinski definition) is 3. The highest BCUT2D eigenvalue weighted by atomic mass is 35.5. The molecule has 0 saturated carbocycles. The molecule has 0 aliphatic rings. The van der Waals surface area contributed by atoms with E-state index in [-0.39, 0.29) is 11.6 Å². The van der Waals surface area contributed by atoms with E-state index in [0.29, 0.717) is 45.6 Å². The number of rotatable bonds is 14. The lowest BCUT2D eigenvalue weighted by Crippen LogP contribution is -2.30. The number of nitrogens with one attached hydrogen (secondary N) is 3.